The summed E-state index contributed by atoms with van der Waals surface area (Å²) in [7, 11) is 0. The first kappa shape index (κ1) is 18.8. The number of hydrogen-bond donors (Lipinski definition) is 0. The lowest BCUT2D eigenvalue weighted by molar-refractivity contribution is 0.261. The zero-order valence-corrected chi connectivity index (χ0v) is 15.6. The Morgan fingerprint density at radius 2 is 1.13 bits per heavy atom. The van der Waals surface area contributed by atoms with Gasteiger partial charge in [-0.25, -0.2) is 0 Å². The van der Waals surface area contributed by atoms with Crippen LogP contribution in [0.2, 0.25) is 0 Å². The highest BCUT2D eigenvalue weighted by molar-refractivity contribution is 4.89. The summed E-state index contributed by atoms with van der Waals surface area (Å²) in [5, 5.41) is 0. The molecule has 0 atom stereocenters. The Balaban J connectivity index is 1.53. The summed E-state index contributed by atoms with van der Waals surface area (Å²) in [6, 6.07) is 0. The van der Waals surface area contributed by atoms with Crippen molar-refractivity contribution >= 4 is 0 Å². The van der Waals surface area contributed by atoms with Gasteiger partial charge in [0, 0.05) is 0 Å². The summed E-state index contributed by atoms with van der Waals surface area (Å²) in [6.45, 7) is 6.19. The van der Waals surface area contributed by atoms with Crippen LogP contribution in [0, 0.1) is 23.7 Å². The monoisotopic (exact) mass is 316 g/mol. The summed E-state index contributed by atoms with van der Waals surface area (Å²) in [5.74, 6) is 4.02. The second kappa shape index (κ2) is 11.1. The molecule has 23 heavy (non-hydrogen) atoms. The van der Waals surface area contributed by atoms with Gasteiger partial charge >= 0.3 is 0 Å². The first-order valence-electron chi connectivity index (χ1n) is 10.6. The van der Waals surface area contributed by atoms with Crippen molar-refractivity contribution < 1.29 is 0 Å². The summed E-state index contributed by atoms with van der Waals surface area (Å²) in [6.07, 6.45) is 27.1. The van der Waals surface area contributed by atoms with Crippen LogP contribution >= 0.6 is 0 Å². The van der Waals surface area contributed by atoms with Gasteiger partial charge in [0.25, 0.3) is 0 Å². The van der Waals surface area contributed by atoms with Crippen LogP contribution in [0.5, 0.6) is 0 Å². The molecule has 0 unspecified atom stereocenters. The van der Waals surface area contributed by atoms with Crippen molar-refractivity contribution in [2.75, 3.05) is 0 Å². The molecule has 0 aromatic carbocycles. The van der Waals surface area contributed by atoms with E-state index in [9.17, 15) is 0 Å². The molecule has 0 nitrogen and oxygen atoms in total. The minimum absolute atomic E-state index is 0.978. The van der Waals surface area contributed by atoms with Gasteiger partial charge in [-0.3, -0.25) is 0 Å². The molecular formula is C23H40. The summed E-state index contributed by atoms with van der Waals surface area (Å²) < 4.78 is 0. The quantitative estimate of drug-likeness (QED) is 0.382. The second-order valence-electron chi connectivity index (χ2n) is 8.37. The van der Waals surface area contributed by atoms with E-state index in [2.05, 4.69) is 31.7 Å². The lowest BCUT2D eigenvalue weighted by Gasteiger charge is -2.28. The van der Waals surface area contributed by atoms with Crippen molar-refractivity contribution in [3.05, 3.63) is 24.8 Å². The molecule has 132 valence electrons. The van der Waals surface area contributed by atoms with Crippen LogP contribution in [-0.2, 0) is 0 Å². The average Bonchev–Trinajstić information content (AvgIpc) is 2.59. The molecule has 2 aliphatic rings. The maximum Gasteiger partial charge on any atom is -0.0322 e. The molecule has 0 bridgehead atoms. The maximum atomic E-state index is 3.85. The van der Waals surface area contributed by atoms with Crippen molar-refractivity contribution in [1.82, 2.24) is 0 Å². The summed E-state index contributed by atoms with van der Waals surface area (Å²) in [4.78, 5) is 0. The average molecular weight is 317 g/mol. The van der Waals surface area contributed by atoms with Gasteiger partial charge in [0.1, 0.15) is 0 Å². The highest BCUT2D eigenvalue weighted by Crippen LogP contribution is 2.35. The van der Waals surface area contributed by atoms with Crippen LogP contribution in [0.15, 0.2) is 24.8 Å². The van der Waals surface area contributed by atoms with Gasteiger partial charge < -0.3 is 0 Å². The molecule has 2 fully saturated rings. The molecule has 0 spiro atoms. The van der Waals surface area contributed by atoms with Crippen LogP contribution in [-0.4, -0.2) is 0 Å². The first-order chi connectivity index (χ1) is 11.3. The summed E-state index contributed by atoms with van der Waals surface area (Å²) >= 11 is 0. The normalized spacial score (nSPS) is 32.2. The van der Waals surface area contributed by atoms with E-state index in [-0.39, 0.29) is 0 Å². The minimum atomic E-state index is 0.978. The Kier molecular flexibility index (Phi) is 9.09. The highest BCUT2D eigenvalue weighted by Gasteiger charge is 2.21. The molecule has 0 aliphatic heterocycles. The Bertz CT molecular complexity index is 324. The third-order valence-corrected chi connectivity index (χ3v) is 6.51. The fourth-order valence-electron chi connectivity index (χ4n) is 4.85. The SMILES string of the molecule is C=CCCC1CCC(C/C=C\CC2CCC(CCC)CC2)CC1. The van der Waals surface area contributed by atoms with E-state index in [0.29, 0.717) is 0 Å². The van der Waals surface area contributed by atoms with E-state index < -0.39 is 0 Å². The van der Waals surface area contributed by atoms with Crippen molar-refractivity contribution in [3.63, 3.8) is 0 Å². The molecule has 0 heteroatoms. The van der Waals surface area contributed by atoms with Crippen LogP contribution in [0.1, 0.15) is 96.8 Å². The zero-order chi connectivity index (χ0) is 16.3. The van der Waals surface area contributed by atoms with Crippen molar-refractivity contribution in [1.29, 1.82) is 0 Å². The number of allylic oxidation sites excluding steroid dienone is 3. The molecule has 2 saturated carbocycles. The number of hydrogen-bond acceptors (Lipinski definition) is 0. The largest absolute Gasteiger partial charge is 0.103 e. The Morgan fingerprint density at radius 1 is 0.696 bits per heavy atom. The van der Waals surface area contributed by atoms with Gasteiger partial charge in [0.2, 0.25) is 0 Å². The Hall–Kier alpha value is -0.520. The predicted octanol–water partition coefficient (Wildman–Crippen LogP) is 7.70. The van der Waals surface area contributed by atoms with Crippen LogP contribution in [0.3, 0.4) is 0 Å². The third-order valence-electron chi connectivity index (χ3n) is 6.51. The van der Waals surface area contributed by atoms with Gasteiger partial charge in [-0.15, -0.1) is 6.58 Å². The molecule has 0 radical (unpaired) electrons. The van der Waals surface area contributed by atoms with Gasteiger partial charge in [-0.1, -0.05) is 63.7 Å². The molecular weight excluding hydrogens is 276 g/mol. The summed E-state index contributed by atoms with van der Waals surface area (Å²) in [5.41, 5.74) is 0. The van der Waals surface area contributed by atoms with Gasteiger partial charge in [-0.2, -0.15) is 0 Å². The zero-order valence-electron chi connectivity index (χ0n) is 15.6. The third kappa shape index (κ3) is 7.27. The van der Waals surface area contributed by atoms with E-state index in [1.54, 1.807) is 0 Å². The lowest BCUT2D eigenvalue weighted by Crippen LogP contribution is -2.14. The van der Waals surface area contributed by atoms with Crippen molar-refractivity contribution in [2.24, 2.45) is 23.7 Å². The van der Waals surface area contributed by atoms with E-state index in [1.807, 2.05) is 0 Å². The smallest absolute Gasteiger partial charge is 0.0322 e. The van der Waals surface area contributed by atoms with Gasteiger partial charge in [0.15, 0.2) is 0 Å². The lowest BCUT2D eigenvalue weighted by atomic mass is 9.78. The fourth-order valence-corrected chi connectivity index (χ4v) is 4.85. The van der Waals surface area contributed by atoms with E-state index >= 15 is 0 Å². The topological polar surface area (TPSA) is 0 Å². The fraction of sp³-hybridized carbons (Fsp3) is 0.826. The van der Waals surface area contributed by atoms with Crippen LogP contribution in [0.25, 0.3) is 0 Å². The maximum absolute atomic E-state index is 3.85. The molecule has 0 amide bonds. The van der Waals surface area contributed by atoms with Crippen LogP contribution < -0.4 is 0 Å². The molecule has 0 saturated heterocycles. The molecule has 0 heterocycles. The Labute approximate surface area is 145 Å². The molecule has 0 N–H and O–H groups in total. The molecule has 2 aliphatic carbocycles. The molecule has 0 aromatic rings. The van der Waals surface area contributed by atoms with Gasteiger partial charge in [0.05, 0.1) is 0 Å². The first-order valence-corrected chi connectivity index (χ1v) is 10.6. The second-order valence-corrected chi connectivity index (χ2v) is 8.37. The standard InChI is InChI=1S/C23H40/c1-3-5-9-21-16-18-23(19-17-21)11-7-6-10-22-14-12-20(8-4-2)13-15-22/h3,6-7,20-23H,1,4-5,8-19H2,2H3/b7-6-. The minimum Gasteiger partial charge on any atom is -0.103 e. The van der Waals surface area contributed by atoms with Gasteiger partial charge in [-0.05, 0) is 75.0 Å². The van der Waals surface area contributed by atoms with E-state index in [1.165, 1.54) is 89.9 Å². The Morgan fingerprint density at radius 3 is 1.57 bits per heavy atom. The van der Waals surface area contributed by atoms with E-state index in [0.717, 1.165) is 23.7 Å². The van der Waals surface area contributed by atoms with Crippen molar-refractivity contribution in [3.8, 4) is 0 Å². The molecule has 0 aromatic heterocycles. The predicted molar refractivity (Wildman–Crippen MR) is 104 cm³/mol. The highest BCUT2D eigenvalue weighted by atomic mass is 14.3. The van der Waals surface area contributed by atoms with E-state index in [4.69, 9.17) is 0 Å². The molecule has 2 rings (SSSR count). The number of rotatable bonds is 9. The van der Waals surface area contributed by atoms with Crippen LogP contribution in [0.4, 0.5) is 0 Å². The van der Waals surface area contributed by atoms with Crippen molar-refractivity contribution in [2.45, 2.75) is 96.8 Å².